The van der Waals surface area contributed by atoms with E-state index in [4.69, 9.17) is 16.9 Å². The highest BCUT2D eigenvalue weighted by Gasteiger charge is 2.08. The van der Waals surface area contributed by atoms with Gasteiger partial charge in [-0.25, -0.2) is 4.39 Å². The van der Waals surface area contributed by atoms with Crippen molar-refractivity contribution in [3.05, 3.63) is 58.4 Å². The van der Waals surface area contributed by atoms with Crippen molar-refractivity contribution in [2.75, 3.05) is 17.2 Å². The third-order valence-electron chi connectivity index (χ3n) is 3.02. The zero-order chi connectivity index (χ0) is 16.1. The van der Waals surface area contributed by atoms with Gasteiger partial charge >= 0.3 is 0 Å². The second-order valence-electron chi connectivity index (χ2n) is 4.66. The van der Waals surface area contributed by atoms with Crippen molar-refractivity contribution >= 4 is 28.9 Å². The Balaban J connectivity index is 2.03. The number of anilines is 2. The van der Waals surface area contributed by atoms with E-state index in [-0.39, 0.29) is 18.3 Å². The summed E-state index contributed by atoms with van der Waals surface area (Å²) in [6.07, 6.45) is 0. The number of carbonyl (C=O) groups excluding carboxylic acids is 1. The molecule has 0 heterocycles. The first-order valence-corrected chi connectivity index (χ1v) is 6.87. The van der Waals surface area contributed by atoms with Gasteiger partial charge in [-0.05, 0) is 42.8 Å². The van der Waals surface area contributed by atoms with Gasteiger partial charge in [0.05, 0.1) is 17.8 Å². The highest BCUT2D eigenvalue weighted by Crippen LogP contribution is 2.20. The summed E-state index contributed by atoms with van der Waals surface area (Å²) >= 11 is 5.85. The Morgan fingerprint density at radius 1 is 1.27 bits per heavy atom. The molecule has 0 saturated carbocycles. The van der Waals surface area contributed by atoms with Crippen molar-refractivity contribution in [2.45, 2.75) is 6.92 Å². The summed E-state index contributed by atoms with van der Waals surface area (Å²) in [4.78, 5) is 11.9. The number of carbonyl (C=O) groups is 1. The summed E-state index contributed by atoms with van der Waals surface area (Å²) in [5.74, 6) is -0.738. The van der Waals surface area contributed by atoms with Crippen molar-refractivity contribution in [3.63, 3.8) is 0 Å². The lowest BCUT2D eigenvalue weighted by atomic mass is 10.2. The van der Waals surface area contributed by atoms with E-state index in [9.17, 15) is 9.18 Å². The number of benzene rings is 2. The van der Waals surface area contributed by atoms with Crippen molar-refractivity contribution < 1.29 is 9.18 Å². The van der Waals surface area contributed by atoms with Gasteiger partial charge in [0.15, 0.2) is 0 Å². The zero-order valence-corrected chi connectivity index (χ0v) is 12.5. The van der Waals surface area contributed by atoms with Crippen LogP contribution in [0.15, 0.2) is 36.4 Å². The zero-order valence-electron chi connectivity index (χ0n) is 11.8. The number of aryl methyl sites for hydroxylation is 1. The smallest absolute Gasteiger partial charge is 0.243 e. The molecule has 0 radical (unpaired) electrons. The van der Waals surface area contributed by atoms with Crippen molar-refractivity contribution in [1.29, 1.82) is 5.26 Å². The van der Waals surface area contributed by atoms with Crippen LogP contribution in [0, 0.1) is 24.1 Å². The molecular weight excluding hydrogens is 305 g/mol. The Kier molecular flexibility index (Phi) is 4.97. The predicted octanol–water partition coefficient (Wildman–Crippen LogP) is 3.71. The van der Waals surface area contributed by atoms with Crippen LogP contribution in [0.2, 0.25) is 5.02 Å². The lowest BCUT2D eigenvalue weighted by molar-refractivity contribution is -0.114. The van der Waals surface area contributed by atoms with Gasteiger partial charge < -0.3 is 10.6 Å². The summed E-state index contributed by atoms with van der Waals surface area (Å²) in [5.41, 5.74) is 2.04. The molecule has 2 aromatic rings. The second kappa shape index (κ2) is 6.92. The Morgan fingerprint density at radius 2 is 2.05 bits per heavy atom. The minimum atomic E-state index is -0.380. The van der Waals surface area contributed by atoms with Gasteiger partial charge in [0, 0.05) is 10.7 Å². The second-order valence-corrected chi connectivity index (χ2v) is 5.10. The Labute approximate surface area is 132 Å². The van der Waals surface area contributed by atoms with E-state index in [1.807, 2.05) is 13.0 Å². The quantitative estimate of drug-likeness (QED) is 0.903. The van der Waals surface area contributed by atoms with Crippen LogP contribution in [0.4, 0.5) is 15.8 Å². The lowest BCUT2D eigenvalue weighted by Gasteiger charge is -2.11. The van der Waals surface area contributed by atoms with Gasteiger partial charge in [-0.2, -0.15) is 5.26 Å². The van der Waals surface area contributed by atoms with Crippen LogP contribution in [0.1, 0.15) is 11.1 Å². The highest BCUT2D eigenvalue weighted by molar-refractivity contribution is 6.31. The summed E-state index contributed by atoms with van der Waals surface area (Å²) < 4.78 is 13.2. The molecule has 4 nitrogen and oxygen atoms in total. The molecule has 0 aromatic heterocycles. The van der Waals surface area contributed by atoms with Gasteiger partial charge in [-0.3, -0.25) is 4.79 Å². The summed E-state index contributed by atoms with van der Waals surface area (Å²) in [6, 6.07) is 10.9. The molecule has 6 heteroatoms. The van der Waals surface area contributed by atoms with Crippen LogP contribution in [-0.2, 0) is 4.79 Å². The van der Waals surface area contributed by atoms with E-state index in [1.54, 1.807) is 12.1 Å². The average molecular weight is 318 g/mol. The first kappa shape index (κ1) is 15.8. The van der Waals surface area contributed by atoms with E-state index in [1.165, 1.54) is 24.3 Å². The third-order valence-corrected chi connectivity index (χ3v) is 3.25. The predicted molar refractivity (Wildman–Crippen MR) is 84.4 cm³/mol. The fourth-order valence-corrected chi connectivity index (χ4v) is 2.04. The molecule has 112 valence electrons. The molecule has 0 saturated heterocycles. The minimum absolute atomic E-state index is 0.0539. The number of hydrogen-bond acceptors (Lipinski definition) is 3. The maximum absolute atomic E-state index is 13.2. The summed E-state index contributed by atoms with van der Waals surface area (Å²) in [5, 5.41) is 14.9. The molecule has 0 spiro atoms. The summed E-state index contributed by atoms with van der Waals surface area (Å²) in [6.45, 7) is 1.76. The molecular formula is C16H13ClFN3O. The first-order valence-electron chi connectivity index (χ1n) is 6.49. The molecule has 0 unspecified atom stereocenters. The van der Waals surface area contributed by atoms with Gasteiger partial charge in [0.25, 0.3) is 0 Å². The number of amides is 1. The molecule has 0 atom stereocenters. The minimum Gasteiger partial charge on any atom is -0.376 e. The van der Waals surface area contributed by atoms with Crippen molar-refractivity contribution in [1.82, 2.24) is 0 Å². The maximum Gasteiger partial charge on any atom is 0.243 e. The van der Waals surface area contributed by atoms with Gasteiger partial charge in [-0.1, -0.05) is 17.7 Å². The largest absolute Gasteiger partial charge is 0.376 e. The third kappa shape index (κ3) is 3.96. The Hall–Kier alpha value is -2.58. The van der Waals surface area contributed by atoms with E-state index < -0.39 is 0 Å². The SMILES string of the molecule is Cc1ccc(F)cc1NCC(=O)Nc1cc(Cl)ccc1C#N. The van der Waals surface area contributed by atoms with Crippen LogP contribution in [0.25, 0.3) is 0 Å². The number of nitrogens with zero attached hydrogens (tertiary/aromatic N) is 1. The van der Waals surface area contributed by atoms with Crippen LogP contribution < -0.4 is 10.6 Å². The molecule has 0 fully saturated rings. The number of halogens is 2. The normalized spacial score (nSPS) is 9.91. The molecule has 2 aromatic carbocycles. The first-order chi connectivity index (χ1) is 10.5. The highest BCUT2D eigenvalue weighted by atomic mass is 35.5. The van der Waals surface area contributed by atoms with Gasteiger partial charge in [-0.15, -0.1) is 0 Å². The van der Waals surface area contributed by atoms with Crippen molar-refractivity contribution in [2.24, 2.45) is 0 Å². The number of nitriles is 1. The monoisotopic (exact) mass is 317 g/mol. The van der Waals surface area contributed by atoms with E-state index in [0.29, 0.717) is 22.0 Å². The lowest BCUT2D eigenvalue weighted by Crippen LogP contribution is -2.22. The molecule has 0 aliphatic carbocycles. The van der Waals surface area contributed by atoms with Crippen LogP contribution in [-0.4, -0.2) is 12.5 Å². The number of hydrogen-bond donors (Lipinski definition) is 2. The van der Waals surface area contributed by atoms with Crippen LogP contribution >= 0.6 is 11.6 Å². The van der Waals surface area contributed by atoms with Gasteiger partial charge in [0.1, 0.15) is 11.9 Å². The Morgan fingerprint density at radius 3 is 2.77 bits per heavy atom. The average Bonchev–Trinajstić information content (AvgIpc) is 2.48. The molecule has 2 N–H and O–H groups in total. The topological polar surface area (TPSA) is 64.9 Å². The van der Waals surface area contributed by atoms with Crippen LogP contribution in [0.5, 0.6) is 0 Å². The fourth-order valence-electron chi connectivity index (χ4n) is 1.87. The van der Waals surface area contributed by atoms with Crippen LogP contribution in [0.3, 0.4) is 0 Å². The summed E-state index contributed by atoms with van der Waals surface area (Å²) in [7, 11) is 0. The molecule has 0 bridgehead atoms. The van der Waals surface area contributed by atoms with E-state index in [0.717, 1.165) is 5.56 Å². The molecule has 1 amide bonds. The maximum atomic E-state index is 13.2. The van der Waals surface area contributed by atoms with E-state index in [2.05, 4.69) is 10.6 Å². The molecule has 22 heavy (non-hydrogen) atoms. The van der Waals surface area contributed by atoms with Gasteiger partial charge in [0.2, 0.25) is 5.91 Å². The molecule has 2 rings (SSSR count). The number of nitrogens with one attached hydrogen (secondary N) is 2. The Bertz CT molecular complexity index is 756. The van der Waals surface area contributed by atoms with Crippen molar-refractivity contribution in [3.8, 4) is 6.07 Å². The number of rotatable bonds is 4. The molecule has 0 aliphatic rings. The fraction of sp³-hybridized carbons (Fsp3) is 0.125. The van der Waals surface area contributed by atoms with E-state index >= 15 is 0 Å². The molecule has 0 aliphatic heterocycles. The standard InChI is InChI=1S/C16H13ClFN3O/c1-10-2-5-13(18)7-14(10)20-9-16(22)21-15-6-12(17)4-3-11(15)8-19/h2-7,20H,9H2,1H3,(H,21,22).